The van der Waals surface area contributed by atoms with E-state index in [0.29, 0.717) is 23.8 Å². The van der Waals surface area contributed by atoms with E-state index in [-0.39, 0.29) is 0 Å². The number of ether oxygens (including phenoxy) is 2. The zero-order valence-corrected chi connectivity index (χ0v) is 61.6. The van der Waals surface area contributed by atoms with Crippen LogP contribution in [0.4, 0.5) is 47.1 Å². The number of unbranched alkanes of at least 4 members (excludes halogenated alkanes) is 41. The van der Waals surface area contributed by atoms with Crippen molar-refractivity contribution in [3.8, 4) is 11.5 Å². The zero-order chi connectivity index (χ0) is 66.7. The van der Waals surface area contributed by atoms with Crippen LogP contribution in [-0.4, -0.2) is 82.4 Å². The molecule has 4 aromatic rings. The van der Waals surface area contributed by atoms with Crippen molar-refractivity contribution in [2.24, 2.45) is 0 Å². The van der Waals surface area contributed by atoms with E-state index in [4.69, 9.17) is 39.4 Å². The van der Waals surface area contributed by atoms with Crippen LogP contribution in [0.1, 0.15) is 350 Å². The number of aromatic nitrogens is 6. The van der Waals surface area contributed by atoms with Crippen LogP contribution >= 0.6 is 0 Å². The molecule has 534 valence electrons. The molecule has 4 N–H and O–H groups in total. The lowest BCUT2D eigenvalue weighted by Gasteiger charge is -2.24. The Kier molecular flexibility index (Phi) is 50.2. The Morgan fingerprint density at radius 3 is 0.766 bits per heavy atom. The summed E-state index contributed by atoms with van der Waals surface area (Å²) >= 11 is 0. The lowest BCUT2D eigenvalue weighted by Crippen LogP contribution is -2.28. The summed E-state index contributed by atoms with van der Waals surface area (Å²) in [6.07, 6.45) is 60.7. The highest BCUT2D eigenvalue weighted by molar-refractivity contribution is 5.58. The van der Waals surface area contributed by atoms with Gasteiger partial charge in [0.2, 0.25) is 35.7 Å². The normalized spacial score (nSPS) is 11.3. The molecule has 14 heteroatoms. The first-order valence-corrected chi connectivity index (χ1v) is 40.0. The van der Waals surface area contributed by atoms with Crippen molar-refractivity contribution in [3.05, 3.63) is 48.5 Å². The Balaban J connectivity index is 1.40. The molecule has 0 radical (unpaired) electrons. The van der Waals surface area contributed by atoms with Crippen LogP contribution in [0.2, 0.25) is 0 Å². The van der Waals surface area contributed by atoms with E-state index in [1.165, 1.54) is 244 Å². The SMILES string of the molecule is CCCCCCCCCCCCOc1ccc(Nc2nc(NCCCCCCNc3nc(Nc4ccc(OCCCCCCCCCCCC)cc4)nc(N(CCCCCCCC)CCCCCCCC)n3)nc(N(CCCCCCCC)CCCCCCCC)n2)cc1. The van der Waals surface area contributed by atoms with Gasteiger partial charge in [0.05, 0.1) is 13.2 Å². The van der Waals surface area contributed by atoms with Gasteiger partial charge in [0.15, 0.2) is 0 Å². The maximum Gasteiger partial charge on any atom is 0.233 e. The molecule has 0 atom stereocenters. The molecule has 0 saturated carbocycles. The third-order valence-corrected chi connectivity index (χ3v) is 18.4. The van der Waals surface area contributed by atoms with Crippen LogP contribution in [0.5, 0.6) is 11.5 Å². The average molecular weight is 1300 g/mol. The molecule has 0 aliphatic carbocycles. The van der Waals surface area contributed by atoms with Crippen LogP contribution < -0.4 is 40.5 Å². The van der Waals surface area contributed by atoms with Gasteiger partial charge in [-0.15, -0.1) is 0 Å². The lowest BCUT2D eigenvalue weighted by atomic mass is 10.1. The number of hydrogen-bond acceptors (Lipinski definition) is 14. The molecule has 0 bridgehead atoms. The van der Waals surface area contributed by atoms with Gasteiger partial charge in [-0.25, -0.2) is 0 Å². The fourth-order valence-electron chi connectivity index (χ4n) is 12.3. The monoisotopic (exact) mass is 1300 g/mol. The number of benzene rings is 2. The van der Waals surface area contributed by atoms with Gasteiger partial charge in [0, 0.05) is 50.6 Å². The van der Waals surface area contributed by atoms with Crippen molar-refractivity contribution in [1.82, 2.24) is 29.9 Å². The Hall–Kier alpha value is -5.14. The van der Waals surface area contributed by atoms with Crippen LogP contribution in [0, 0.1) is 0 Å². The summed E-state index contributed by atoms with van der Waals surface area (Å²) in [5, 5.41) is 14.4. The Morgan fingerprint density at radius 1 is 0.255 bits per heavy atom. The predicted octanol–water partition coefficient (Wildman–Crippen LogP) is 24.3. The molecule has 0 saturated heterocycles. The highest BCUT2D eigenvalue weighted by Crippen LogP contribution is 2.26. The van der Waals surface area contributed by atoms with Gasteiger partial charge in [0.1, 0.15) is 11.5 Å². The number of nitrogens with one attached hydrogen (secondary N) is 4. The number of rotatable bonds is 67. The first-order chi connectivity index (χ1) is 46.5. The summed E-state index contributed by atoms with van der Waals surface area (Å²) in [6, 6.07) is 16.6. The lowest BCUT2D eigenvalue weighted by molar-refractivity contribution is 0.304. The molecular formula is C80H142N12O2. The van der Waals surface area contributed by atoms with E-state index in [1.54, 1.807) is 0 Å². The summed E-state index contributed by atoms with van der Waals surface area (Å²) < 4.78 is 12.4. The summed E-state index contributed by atoms with van der Waals surface area (Å²) in [6.45, 7) is 20.6. The number of nitrogens with zero attached hydrogens (tertiary/aromatic N) is 8. The van der Waals surface area contributed by atoms with E-state index in [2.05, 4.69) is 121 Å². The minimum Gasteiger partial charge on any atom is -0.494 e. The summed E-state index contributed by atoms with van der Waals surface area (Å²) in [5.74, 6) is 5.71. The van der Waals surface area contributed by atoms with Gasteiger partial charge in [-0.2, -0.15) is 29.9 Å². The van der Waals surface area contributed by atoms with Gasteiger partial charge in [0.25, 0.3) is 0 Å². The highest BCUT2D eigenvalue weighted by Gasteiger charge is 2.17. The molecule has 2 aromatic heterocycles. The van der Waals surface area contributed by atoms with Crippen LogP contribution in [0.25, 0.3) is 0 Å². The standard InChI is InChI=1S/C80H142N12O2/c1-7-13-19-25-31-33-35-37-45-53-69-93-73-59-55-71(56-60-73)83-77-85-75(87-79(89-77)91(65-49-41-27-21-15-9-3)66-50-42-28-22-16-10-4)81-63-47-39-40-48-64-82-76-86-78(84-72-57-61-74(62-58-72)94-70-54-46-38-36-34-32-26-20-14-8-2)90-80(88-76)92(67-51-43-29-23-17-11-5)68-52-44-30-24-18-12-6/h55-62H,7-54,63-70H2,1-6H3,(H2,81,83,85,87,89)(H2,82,84,86,88,90). The largest absolute Gasteiger partial charge is 0.494 e. The van der Waals surface area contributed by atoms with Gasteiger partial charge in [-0.05, 0) is 99.9 Å². The second-order valence-electron chi connectivity index (χ2n) is 27.2. The van der Waals surface area contributed by atoms with Gasteiger partial charge in [-0.3, -0.25) is 0 Å². The van der Waals surface area contributed by atoms with E-state index in [9.17, 15) is 0 Å². The molecule has 2 aromatic carbocycles. The molecule has 2 heterocycles. The van der Waals surface area contributed by atoms with E-state index < -0.39 is 0 Å². The maximum atomic E-state index is 6.20. The molecular weight excluding hydrogens is 1160 g/mol. The first kappa shape index (κ1) is 81.3. The fraction of sp³-hybridized carbons (Fsp3) is 0.775. The minimum atomic E-state index is 0.568. The highest BCUT2D eigenvalue weighted by atomic mass is 16.5. The van der Waals surface area contributed by atoms with Crippen molar-refractivity contribution >= 4 is 47.1 Å². The summed E-state index contributed by atoms with van der Waals surface area (Å²) in [5.41, 5.74) is 1.87. The minimum absolute atomic E-state index is 0.568. The predicted molar refractivity (Wildman–Crippen MR) is 407 cm³/mol. The molecule has 14 nitrogen and oxygen atoms in total. The Labute approximate surface area is 576 Å². The molecule has 0 fully saturated rings. The molecule has 4 rings (SSSR count). The molecule has 0 unspecified atom stereocenters. The van der Waals surface area contributed by atoms with Crippen molar-refractivity contribution in [2.45, 2.75) is 350 Å². The van der Waals surface area contributed by atoms with Crippen molar-refractivity contribution < 1.29 is 9.47 Å². The Bertz CT molecular complexity index is 2130. The van der Waals surface area contributed by atoms with Crippen molar-refractivity contribution in [3.63, 3.8) is 0 Å². The number of hydrogen-bond donors (Lipinski definition) is 4. The maximum absolute atomic E-state index is 6.20. The molecule has 94 heavy (non-hydrogen) atoms. The van der Waals surface area contributed by atoms with Gasteiger partial charge >= 0.3 is 0 Å². The molecule has 0 aliphatic heterocycles. The quantitative estimate of drug-likeness (QED) is 0.0311. The van der Waals surface area contributed by atoms with Gasteiger partial charge < -0.3 is 40.5 Å². The smallest absolute Gasteiger partial charge is 0.233 e. The van der Waals surface area contributed by atoms with E-state index >= 15 is 0 Å². The van der Waals surface area contributed by atoms with E-state index in [0.717, 1.165) is 151 Å². The van der Waals surface area contributed by atoms with Gasteiger partial charge in [-0.1, -0.05) is 298 Å². The second-order valence-corrected chi connectivity index (χ2v) is 27.2. The zero-order valence-electron chi connectivity index (χ0n) is 61.6. The second kappa shape index (κ2) is 58.0. The van der Waals surface area contributed by atoms with Crippen molar-refractivity contribution in [1.29, 1.82) is 0 Å². The third-order valence-electron chi connectivity index (χ3n) is 18.4. The molecule has 0 amide bonds. The third kappa shape index (κ3) is 41.7. The summed E-state index contributed by atoms with van der Waals surface area (Å²) in [7, 11) is 0. The average Bonchev–Trinajstić information content (AvgIpc) is 1.20. The van der Waals surface area contributed by atoms with Crippen LogP contribution in [0.15, 0.2) is 48.5 Å². The summed E-state index contributed by atoms with van der Waals surface area (Å²) in [4.78, 5) is 35.4. The topological polar surface area (TPSA) is 150 Å². The molecule has 0 aliphatic rings. The number of anilines is 8. The Morgan fingerprint density at radius 2 is 0.489 bits per heavy atom. The first-order valence-electron chi connectivity index (χ1n) is 40.0. The molecule has 0 spiro atoms. The fourth-order valence-corrected chi connectivity index (χ4v) is 12.3. The van der Waals surface area contributed by atoms with Crippen LogP contribution in [-0.2, 0) is 0 Å². The van der Waals surface area contributed by atoms with Crippen molar-refractivity contribution in [2.75, 3.05) is 83.5 Å². The van der Waals surface area contributed by atoms with Crippen LogP contribution in [0.3, 0.4) is 0 Å². The van der Waals surface area contributed by atoms with E-state index in [1.807, 2.05) is 0 Å².